The maximum absolute atomic E-state index is 16.0. The first kappa shape index (κ1) is 22.0. The van der Waals surface area contributed by atoms with Crippen LogP contribution in [0.4, 0.5) is 4.39 Å². The highest BCUT2D eigenvalue weighted by Crippen LogP contribution is 2.36. The van der Waals surface area contributed by atoms with Gasteiger partial charge in [0.05, 0.1) is 11.2 Å². The summed E-state index contributed by atoms with van der Waals surface area (Å²) >= 11 is 0. The molecule has 5 aromatic rings. The quantitative estimate of drug-likeness (QED) is 0.246. The molecule has 0 unspecified atom stereocenters. The smallest absolute Gasteiger partial charge is 0.156 e. The average Bonchev–Trinajstić information content (AvgIpc) is 3.14. The van der Waals surface area contributed by atoms with E-state index in [9.17, 15) is 0 Å². The Morgan fingerprint density at radius 1 is 0.765 bits per heavy atom. The zero-order valence-electron chi connectivity index (χ0n) is 19.6. The van der Waals surface area contributed by atoms with Gasteiger partial charge in [-0.25, -0.2) is 4.39 Å². The van der Waals surface area contributed by atoms with Crippen molar-refractivity contribution in [1.29, 1.82) is 0 Å². The maximum Gasteiger partial charge on any atom is 0.156 e. The van der Waals surface area contributed by atoms with Crippen molar-refractivity contribution in [2.45, 2.75) is 33.4 Å². The Balaban J connectivity index is 1.58. The molecular formula is C31H28FNO. The monoisotopic (exact) mass is 449 g/mol. The van der Waals surface area contributed by atoms with Crippen LogP contribution in [0.15, 0.2) is 97.1 Å². The Bertz CT molecular complexity index is 1420. The molecule has 0 saturated heterocycles. The summed E-state index contributed by atoms with van der Waals surface area (Å²) in [5, 5.41) is 0.578. The number of aryl methyl sites for hydroxylation is 2. The summed E-state index contributed by atoms with van der Waals surface area (Å²) in [6.07, 6.45) is 1.00. The van der Waals surface area contributed by atoms with Gasteiger partial charge < -0.3 is 9.30 Å². The van der Waals surface area contributed by atoms with Crippen molar-refractivity contribution in [2.24, 2.45) is 0 Å². The molecule has 0 bridgehead atoms. The standard InChI is InChI=1S/C31H28FNO/c1-3-23-13-15-24(16-14-23)20-33-29-18-17-26(34-21-25-10-5-4-6-11-25)19-28(29)30(32)31(33)27-12-8-7-9-22(27)2/h4-19H,3,20-21H2,1-2H3. The highest BCUT2D eigenvalue weighted by Gasteiger charge is 2.21. The zero-order valence-corrected chi connectivity index (χ0v) is 19.6. The summed E-state index contributed by atoms with van der Waals surface area (Å²) in [4.78, 5) is 0. The number of rotatable bonds is 7. The van der Waals surface area contributed by atoms with Gasteiger partial charge in [-0.05, 0) is 53.8 Å². The molecule has 3 heteroatoms. The number of hydrogen-bond acceptors (Lipinski definition) is 1. The Morgan fingerprint density at radius 3 is 2.21 bits per heavy atom. The van der Waals surface area contributed by atoms with E-state index in [1.54, 1.807) is 0 Å². The Hall–Kier alpha value is -3.85. The third-order valence-corrected chi connectivity index (χ3v) is 6.39. The second kappa shape index (κ2) is 9.56. The molecule has 0 radical (unpaired) electrons. The molecule has 0 atom stereocenters. The van der Waals surface area contributed by atoms with E-state index in [0.29, 0.717) is 30.0 Å². The first-order chi connectivity index (χ1) is 16.6. The molecule has 2 nitrogen and oxygen atoms in total. The van der Waals surface area contributed by atoms with Gasteiger partial charge in [-0.15, -0.1) is 0 Å². The summed E-state index contributed by atoms with van der Waals surface area (Å²) in [6, 6.07) is 32.3. The third-order valence-electron chi connectivity index (χ3n) is 6.39. The van der Waals surface area contributed by atoms with Crippen LogP contribution in [0.2, 0.25) is 0 Å². The number of aromatic nitrogens is 1. The van der Waals surface area contributed by atoms with E-state index in [-0.39, 0.29) is 5.82 Å². The van der Waals surface area contributed by atoms with Crippen molar-refractivity contribution >= 4 is 10.9 Å². The predicted molar refractivity (Wildman–Crippen MR) is 138 cm³/mol. The van der Waals surface area contributed by atoms with Crippen molar-refractivity contribution in [2.75, 3.05) is 0 Å². The van der Waals surface area contributed by atoms with E-state index in [4.69, 9.17) is 4.74 Å². The van der Waals surface area contributed by atoms with Crippen LogP contribution < -0.4 is 4.74 Å². The maximum atomic E-state index is 16.0. The SMILES string of the molecule is CCc1ccc(Cn2c(-c3ccccc3C)c(F)c3cc(OCc4ccccc4)ccc32)cc1. The van der Waals surface area contributed by atoms with Crippen molar-refractivity contribution in [3.05, 3.63) is 125 Å². The summed E-state index contributed by atoms with van der Waals surface area (Å²) < 4.78 is 24.1. The lowest BCUT2D eigenvalue weighted by molar-refractivity contribution is 0.306. The highest BCUT2D eigenvalue weighted by atomic mass is 19.1. The molecule has 0 fully saturated rings. The van der Waals surface area contributed by atoms with Gasteiger partial charge in [-0.3, -0.25) is 0 Å². The first-order valence-corrected chi connectivity index (χ1v) is 11.8. The highest BCUT2D eigenvalue weighted by molar-refractivity contribution is 5.89. The topological polar surface area (TPSA) is 14.2 Å². The molecule has 34 heavy (non-hydrogen) atoms. The zero-order chi connectivity index (χ0) is 23.5. The van der Waals surface area contributed by atoms with Crippen molar-refractivity contribution < 1.29 is 9.13 Å². The van der Waals surface area contributed by atoms with Crippen molar-refractivity contribution in [1.82, 2.24) is 4.57 Å². The van der Waals surface area contributed by atoms with Crippen LogP contribution >= 0.6 is 0 Å². The van der Waals surface area contributed by atoms with E-state index in [1.165, 1.54) is 5.56 Å². The fraction of sp³-hybridized carbons (Fsp3) is 0.161. The fourth-order valence-electron chi connectivity index (χ4n) is 4.45. The molecule has 170 valence electrons. The molecule has 1 heterocycles. The fourth-order valence-corrected chi connectivity index (χ4v) is 4.45. The predicted octanol–water partition coefficient (Wildman–Crippen LogP) is 7.95. The lowest BCUT2D eigenvalue weighted by atomic mass is 10.0. The molecule has 1 aromatic heterocycles. The molecule has 0 aliphatic carbocycles. The molecular weight excluding hydrogens is 421 g/mol. The van der Waals surface area contributed by atoms with Gasteiger partial charge in [-0.2, -0.15) is 0 Å². The molecule has 4 aromatic carbocycles. The summed E-state index contributed by atoms with van der Waals surface area (Å²) in [5.41, 5.74) is 6.97. The lowest BCUT2D eigenvalue weighted by Crippen LogP contribution is -2.03. The minimum Gasteiger partial charge on any atom is -0.489 e. The number of nitrogens with zero attached hydrogens (tertiary/aromatic N) is 1. The number of benzene rings is 4. The average molecular weight is 450 g/mol. The molecule has 0 N–H and O–H groups in total. The molecule has 5 rings (SSSR count). The van der Waals surface area contributed by atoms with Gasteiger partial charge >= 0.3 is 0 Å². The van der Waals surface area contributed by atoms with Gasteiger partial charge in [0.2, 0.25) is 0 Å². The minimum atomic E-state index is -0.209. The second-order valence-electron chi connectivity index (χ2n) is 8.69. The number of ether oxygens (including phenoxy) is 1. The van der Waals surface area contributed by atoms with Crippen LogP contribution in [-0.2, 0) is 19.6 Å². The van der Waals surface area contributed by atoms with Gasteiger partial charge in [0, 0.05) is 17.5 Å². The van der Waals surface area contributed by atoms with E-state index >= 15 is 4.39 Å². The van der Waals surface area contributed by atoms with Crippen molar-refractivity contribution in [3.63, 3.8) is 0 Å². The molecule has 0 saturated carbocycles. The van der Waals surface area contributed by atoms with Crippen molar-refractivity contribution in [3.8, 4) is 17.0 Å². The third kappa shape index (κ3) is 4.34. The van der Waals surface area contributed by atoms with Crippen LogP contribution in [0.25, 0.3) is 22.2 Å². The van der Waals surface area contributed by atoms with E-state index in [0.717, 1.165) is 34.2 Å². The molecule has 0 spiro atoms. The number of fused-ring (bicyclic) bond motifs is 1. The summed E-state index contributed by atoms with van der Waals surface area (Å²) in [7, 11) is 0. The molecule has 0 aliphatic heterocycles. The van der Waals surface area contributed by atoms with Gasteiger partial charge in [0.1, 0.15) is 12.4 Å². The Morgan fingerprint density at radius 2 is 1.47 bits per heavy atom. The number of hydrogen-bond donors (Lipinski definition) is 0. The second-order valence-corrected chi connectivity index (χ2v) is 8.69. The largest absolute Gasteiger partial charge is 0.489 e. The van der Waals surface area contributed by atoms with Gasteiger partial charge in [0.25, 0.3) is 0 Å². The Kier molecular flexibility index (Phi) is 6.18. The number of halogens is 1. The first-order valence-electron chi connectivity index (χ1n) is 11.8. The van der Waals surface area contributed by atoms with Crippen LogP contribution in [-0.4, -0.2) is 4.57 Å². The van der Waals surface area contributed by atoms with Gasteiger partial charge in [0.15, 0.2) is 5.82 Å². The minimum absolute atomic E-state index is 0.209. The lowest BCUT2D eigenvalue weighted by Gasteiger charge is -2.13. The van der Waals surface area contributed by atoms with Crippen LogP contribution in [0.3, 0.4) is 0 Å². The molecule has 0 aliphatic rings. The van der Waals surface area contributed by atoms with Gasteiger partial charge in [-0.1, -0.05) is 85.8 Å². The Labute approximate surface area is 200 Å². The van der Waals surface area contributed by atoms with Crippen LogP contribution in [0.5, 0.6) is 5.75 Å². The summed E-state index contributed by atoms with van der Waals surface area (Å²) in [6.45, 7) is 5.22. The normalized spacial score (nSPS) is 11.1. The van der Waals surface area contributed by atoms with E-state index < -0.39 is 0 Å². The van der Waals surface area contributed by atoms with Crippen LogP contribution in [0.1, 0.15) is 29.2 Å². The van der Waals surface area contributed by atoms with E-state index in [1.807, 2.05) is 79.7 Å². The van der Waals surface area contributed by atoms with Crippen LogP contribution in [0, 0.1) is 12.7 Å². The van der Waals surface area contributed by atoms with E-state index in [2.05, 4.69) is 35.8 Å². The molecule has 0 amide bonds. The summed E-state index contributed by atoms with van der Waals surface area (Å²) in [5.74, 6) is 0.454.